The van der Waals surface area contributed by atoms with Crippen LogP contribution in [0.3, 0.4) is 0 Å². The molecule has 1 aliphatic rings. The molecule has 1 aliphatic carbocycles. The fourth-order valence-corrected chi connectivity index (χ4v) is 2.41. The lowest BCUT2D eigenvalue weighted by atomic mass is 10.1. The fraction of sp³-hybridized carbons (Fsp3) is 0.500. The van der Waals surface area contributed by atoms with E-state index in [1.54, 1.807) is 0 Å². The highest BCUT2D eigenvalue weighted by atomic mass is 32.2. The van der Waals surface area contributed by atoms with Gasteiger partial charge in [0.15, 0.2) is 9.84 Å². The summed E-state index contributed by atoms with van der Waals surface area (Å²) in [4.78, 5) is 0. The molecule has 0 bridgehead atoms. The lowest BCUT2D eigenvalue weighted by Crippen LogP contribution is -2.12. The highest BCUT2D eigenvalue weighted by Crippen LogP contribution is 2.31. The van der Waals surface area contributed by atoms with Crippen LogP contribution >= 0.6 is 0 Å². The third-order valence-electron chi connectivity index (χ3n) is 2.96. The van der Waals surface area contributed by atoms with Crippen molar-refractivity contribution in [3.63, 3.8) is 0 Å². The van der Waals surface area contributed by atoms with Crippen LogP contribution in [0.25, 0.3) is 0 Å². The van der Waals surface area contributed by atoms with E-state index < -0.39 is 9.84 Å². The first-order valence-corrected chi connectivity index (χ1v) is 7.71. The van der Waals surface area contributed by atoms with Gasteiger partial charge in [-0.25, -0.2) is 8.42 Å². The minimum absolute atomic E-state index is 0.0452. The summed E-state index contributed by atoms with van der Waals surface area (Å²) in [5.41, 5.74) is 8.33. The molecule has 1 atom stereocenters. The van der Waals surface area contributed by atoms with Gasteiger partial charge in [0.2, 0.25) is 0 Å². The van der Waals surface area contributed by atoms with Crippen molar-refractivity contribution in [1.29, 1.82) is 0 Å². The Kier molecular flexibility index (Phi) is 3.40. The molecule has 0 heterocycles. The van der Waals surface area contributed by atoms with Crippen LogP contribution in [-0.4, -0.2) is 27.0 Å². The maximum Gasteiger partial charge on any atom is 0.150 e. The molecule has 0 amide bonds. The molecular formula is C12H17NO3S. The van der Waals surface area contributed by atoms with E-state index in [-0.39, 0.29) is 18.4 Å². The Morgan fingerprint density at radius 1 is 1.47 bits per heavy atom. The van der Waals surface area contributed by atoms with Crippen molar-refractivity contribution >= 4 is 9.84 Å². The van der Waals surface area contributed by atoms with E-state index in [4.69, 9.17) is 10.5 Å². The minimum atomic E-state index is -2.96. The Bertz CT molecular complexity index is 510. The van der Waals surface area contributed by atoms with E-state index >= 15 is 0 Å². The lowest BCUT2D eigenvalue weighted by molar-refractivity contribution is 0.341. The summed E-state index contributed by atoms with van der Waals surface area (Å²) in [7, 11) is -2.96. The first kappa shape index (κ1) is 12.4. The van der Waals surface area contributed by atoms with E-state index in [9.17, 15) is 8.42 Å². The van der Waals surface area contributed by atoms with Gasteiger partial charge in [0.05, 0.1) is 5.75 Å². The van der Waals surface area contributed by atoms with Crippen molar-refractivity contribution in [1.82, 2.24) is 0 Å². The Hall–Kier alpha value is -1.07. The third-order valence-corrected chi connectivity index (χ3v) is 3.87. The van der Waals surface area contributed by atoms with Gasteiger partial charge in [-0.1, -0.05) is 6.07 Å². The second-order valence-corrected chi connectivity index (χ2v) is 6.74. The van der Waals surface area contributed by atoms with Crippen LogP contribution in [0.2, 0.25) is 0 Å². The molecular weight excluding hydrogens is 238 g/mol. The normalized spacial score (nSPS) is 19.1. The number of rotatable bonds is 4. The van der Waals surface area contributed by atoms with Gasteiger partial charge in [0.25, 0.3) is 0 Å². The molecule has 0 saturated carbocycles. The smallest absolute Gasteiger partial charge is 0.150 e. The molecule has 94 valence electrons. The molecule has 0 fully saturated rings. The molecule has 2 rings (SSSR count). The number of fused-ring (bicyclic) bond motifs is 1. The number of nitrogens with two attached hydrogens (primary N) is 1. The second-order valence-electron chi connectivity index (χ2n) is 4.48. The van der Waals surface area contributed by atoms with Crippen molar-refractivity contribution in [3.05, 3.63) is 29.3 Å². The number of sulfone groups is 1. The summed E-state index contributed by atoms with van der Waals surface area (Å²) in [6.07, 6.45) is 3.15. The number of benzene rings is 1. The average Bonchev–Trinajstić information content (AvgIpc) is 2.58. The summed E-state index contributed by atoms with van der Waals surface area (Å²) < 4.78 is 27.3. The van der Waals surface area contributed by atoms with Gasteiger partial charge in [-0.3, -0.25) is 0 Å². The summed E-state index contributed by atoms with van der Waals surface area (Å²) in [5, 5.41) is 0. The summed E-state index contributed by atoms with van der Waals surface area (Å²) in [6, 6.07) is 5.93. The highest BCUT2D eigenvalue weighted by Gasteiger charge is 2.19. The Labute approximate surface area is 102 Å². The van der Waals surface area contributed by atoms with Crippen molar-refractivity contribution in [2.75, 3.05) is 18.6 Å². The molecule has 4 nitrogen and oxygen atoms in total. The molecule has 1 aromatic rings. The fourth-order valence-electron chi connectivity index (χ4n) is 2.03. The van der Waals surface area contributed by atoms with Crippen molar-refractivity contribution in [3.8, 4) is 5.75 Å². The summed E-state index contributed by atoms with van der Waals surface area (Å²) in [6.45, 7) is 0.198. The quantitative estimate of drug-likeness (QED) is 0.873. The van der Waals surface area contributed by atoms with Gasteiger partial charge in [-0.15, -0.1) is 0 Å². The third kappa shape index (κ3) is 3.20. The molecule has 17 heavy (non-hydrogen) atoms. The van der Waals surface area contributed by atoms with Crippen molar-refractivity contribution < 1.29 is 13.2 Å². The zero-order chi connectivity index (χ0) is 12.5. The van der Waals surface area contributed by atoms with E-state index in [0.717, 1.165) is 18.6 Å². The van der Waals surface area contributed by atoms with Gasteiger partial charge < -0.3 is 10.5 Å². The molecule has 0 aliphatic heterocycles. The zero-order valence-electron chi connectivity index (χ0n) is 9.85. The average molecular weight is 255 g/mol. The van der Waals surface area contributed by atoms with E-state index in [1.807, 2.05) is 18.2 Å². The molecule has 0 aromatic heterocycles. The van der Waals surface area contributed by atoms with Gasteiger partial charge in [0, 0.05) is 12.3 Å². The van der Waals surface area contributed by atoms with Gasteiger partial charge >= 0.3 is 0 Å². The van der Waals surface area contributed by atoms with Crippen LogP contribution < -0.4 is 10.5 Å². The Morgan fingerprint density at radius 2 is 2.24 bits per heavy atom. The molecule has 1 unspecified atom stereocenters. The Morgan fingerprint density at radius 3 is 2.94 bits per heavy atom. The largest absolute Gasteiger partial charge is 0.493 e. The van der Waals surface area contributed by atoms with E-state index in [0.29, 0.717) is 0 Å². The predicted octanol–water partition coefficient (Wildman–Crippen LogP) is 1.06. The molecule has 2 N–H and O–H groups in total. The molecule has 0 radical (unpaired) electrons. The first-order valence-electron chi connectivity index (χ1n) is 5.64. The summed E-state index contributed by atoms with van der Waals surface area (Å²) >= 11 is 0. The maximum absolute atomic E-state index is 11.0. The van der Waals surface area contributed by atoms with Crippen molar-refractivity contribution in [2.45, 2.75) is 18.9 Å². The van der Waals surface area contributed by atoms with Crippen molar-refractivity contribution in [2.24, 2.45) is 5.73 Å². The Balaban J connectivity index is 1.99. The van der Waals surface area contributed by atoms with Crippen LogP contribution in [0.5, 0.6) is 5.75 Å². The van der Waals surface area contributed by atoms with Gasteiger partial charge in [0.1, 0.15) is 12.4 Å². The first-order chi connectivity index (χ1) is 7.96. The topological polar surface area (TPSA) is 69.4 Å². The van der Waals surface area contributed by atoms with Gasteiger partial charge in [-0.2, -0.15) is 0 Å². The number of hydrogen-bond donors (Lipinski definition) is 1. The lowest BCUT2D eigenvalue weighted by Gasteiger charge is -2.08. The maximum atomic E-state index is 11.0. The van der Waals surface area contributed by atoms with Crippen LogP contribution in [0.4, 0.5) is 0 Å². The second kappa shape index (κ2) is 4.66. The molecule has 0 spiro atoms. The predicted molar refractivity (Wildman–Crippen MR) is 66.9 cm³/mol. The number of hydrogen-bond acceptors (Lipinski definition) is 4. The van der Waals surface area contributed by atoms with Crippen LogP contribution in [0.15, 0.2) is 18.2 Å². The molecule has 1 aromatic carbocycles. The van der Waals surface area contributed by atoms with E-state index in [2.05, 4.69) is 0 Å². The number of ether oxygens (including phenoxy) is 1. The summed E-state index contributed by atoms with van der Waals surface area (Å²) in [5.74, 6) is 0.769. The minimum Gasteiger partial charge on any atom is -0.493 e. The highest BCUT2D eigenvalue weighted by molar-refractivity contribution is 7.90. The van der Waals surface area contributed by atoms with Crippen LogP contribution in [-0.2, 0) is 16.3 Å². The standard InChI is InChI=1S/C12H17NO3S/c1-17(14,15)7-6-16-10-3-4-11-9(8-10)2-5-12(11)13/h3-4,8,12H,2,5-7,13H2,1H3. The van der Waals surface area contributed by atoms with Gasteiger partial charge in [-0.05, 0) is 36.1 Å². The van der Waals surface area contributed by atoms with Crippen LogP contribution in [0.1, 0.15) is 23.6 Å². The monoisotopic (exact) mass is 255 g/mol. The molecule has 5 heteroatoms. The SMILES string of the molecule is CS(=O)(=O)CCOc1ccc2c(c1)CCC2N. The van der Waals surface area contributed by atoms with Crippen LogP contribution in [0, 0.1) is 0 Å². The van der Waals surface area contributed by atoms with E-state index in [1.165, 1.54) is 17.4 Å². The zero-order valence-corrected chi connectivity index (χ0v) is 10.7. The number of aryl methyl sites for hydroxylation is 1. The molecule has 0 saturated heterocycles.